The van der Waals surface area contributed by atoms with Crippen LogP contribution in [0.3, 0.4) is 0 Å². The number of hydrogen-bond donors (Lipinski definition) is 1. The van der Waals surface area contributed by atoms with Crippen molar-refractivity contribution >= 4 is 0 Å². The van der Waals surface area contributed by atoms with Crippen LogP contribution in [0.15, 0.2) is 0 Å². The molecule has 11 heavy (non-hydrogen) atoms. The minimum absolute atomic E-state index is 0.397. The quantitative estimate of drug-likeness (QED) is 0.485. The van der Waals surface area contributed by atoms with Crippen LogP contribution in [0.25, 0.3) is 0 Å². The molecule has 2 heteroatoms. The number of rotatable bonds is 2. The Morgan fingerprint density at radius 3 is 2.55 bits per heavy atom. The van der Waals surface area contributed by atoms with E-state index < -0.39 is 0 Å². The first-order valence-electron chi connectivity index (χ1n) is 4.39. The van der Waals surface area contributed by atoms with Gasteiger partial charge in [-0.2, -0.15) is 5.26 Å². The molecule has 0 aromatic carbocycles. The van der Waals surface area contributed by atoms with E-state index in [0.717, 1.165) is 6.54 Å². The van der Waals surface area contributed by atoms with Crippen LogP contribution in [0.5, 0.6) is 0 Å². The molecular weight excluding hydrogens is 136 g/mol. The van der Waals surface area contributed by atoms with Crippen LogP contribution in [-0.2, 0) is 0 Å². The van der Waals surface area contributed by atoms with E-state index in [-0.39, 0.29) is 0 Å². The first kappa shape index (κ1) is 8.39. The Balaban J connectivity index is 2.32. The molecule has 1 aliphatic carbocycles. The van der Waals surface area contributed by atoms with E-state index in [1.807, 2.05) is 6.19 Å². The second-order valence-corrected chi connectivity index (χ2v) is 3.84. The van der Waals surface area contributed by atoms with Gasteiger partial charge in [-0.05, 0) is 18.3 Å². The second kappa shape index (κ2) is 3.61. The van der Waals surface area contributed by atoms with E-state index in [9.17, 15) is 0 Å². The van der Waals surface area contributed by atoms with Crippen molar-refractivity contribution in [1.29, 1.82) is 5.26 Å². The first-order chi connectivity index (χ1) is 5.27. The Morgan fingerprint density at radius 2 is 2.00 bits per heavy atom. The summed E-state index contributed by atoms with van der Waals surface area (Å²) in [5, 5.41) is 11.1. The number of hydrogen-bond acceptors (Lipinski definition) is 2. The highest BCUT2D eigenvalue weighted by atomic mass is 14.9. The summed E-state index contributed by atoms with van der Waals surface area (Å²) in [5.41, 5.74) is 0.397. The molecule has 0 spiro atoms. The summed E-state index contributed by atoms with van der Waals surface area (Å²) in [5.74, 6) is 0. The number of nitriles is 1. The van der Waals surface area contributed by atoms with Crippen molar-refractivity contribution in [2.75, 3.05) is 6.54 Å². The summed E-state index contributed by atoms with van der Waals surface area (Å²) in [6.07, 6.45) is 8.60. The van der Waals surface area contributed by atoms with Gasteiger partial charge in [0, 0.05) is 6.54 Å². The smallest absolute Gasteiger partial charge is 0.176 e. The zero-order valence-corrected chi connectivity index (χ0v) is 7.19. The number of nitrogens with one attached hydrogen (secondary N) is 1. The fraction of sp³-hybridized carbons (Fsp3) is 0.889. The molecule has 1 N–H and O–H groups in total. The van der Waals surface area contributed by atoms with Crippen LogP contribution in [0.2, 0.25) is 0 Å². The molecule has 0 heterocycles. The zero-order valence-electron chi connectivity index (χ0n) is 7.19. The van der Waals surface area contributed by atoms with Gasteiger partial charge in [0.2, 0.25) is 0 Å². The molecule has 0 aliphatic heterocycles. The van der Waals surface area contributed by atoms with Crippen LogP contribution in [0.4, 0.5) is 0 Å². The van der Waals surface area contributed by atoms with Crippen molar-refractivity contribution < 1.29 is 0 Å². The summed E-state index contributed by atoms with van der Waals surface area (Å²) in [6.45, 7) is 3.14. The lowest BCUT2D eigenvalue weighted by molar-refractivity contribution is 0.216. The van der Waals surface area contributed by atoms with Gasteiger partial charge >= 0.3 is 0 Å². The SMILES string of the molecule is CC1(CNC#N)CCCCC1. The van der Waals surface area contributed by atoms with E-state index >= 15 is 0 Å². The maximum Gasteiger partial charge on any atom is 0.176 e. The average molecular weight is 152 g/mol. The molecule has 0 unspecified atom stereocenters. The average Bonchev–Trinajstić information content (AvgIpc) is 2.03. The van der Waals surface area contributed by atoms with Crippen molar-refractivity contribution in [2.45, 2.75) is 39.0 Å². The maximum atomic E-state index is 8.35. The zero-order chi connectivity index (χ0) is 8.16. The van der Waals surface area contributed by atoms with Crippen molar-refractivity contribution in [1.82, 2.24) is 5.32 Å². The molecule has 0 bridgehead atoms. The van der Waals surface area contributed by atoms with E-state index in [2.05, 4.69) is 12.2 Å². The van der Waals surface area contributed by atoms with Crippen LogP contribution in [0, 0.1) is 16.9 Å². The van der Waals surface area contributed by atoms with Gasteiger partial charge in [-0.15, -0.1) is 0 Å². The lowest BCUT2D eigenvalue weighted by Crippen LogP contribution is -2.31. The fourth-order valence-corrected chi connectivity index (χ4v) is 1.84. The van der Waals surface area contributed by atoms with E-state index in [1.165, 1.54) is 32.1 Å². The predicted molar refractivity (Wildman–Crippen MR) is 44.8 cm³/mol. The second-order valence-electron chi connectivity index (χ2n) is 3.84. The summed E-state index contributed by atoms with van der Waals surface area (Å²) in [6, 6.07) is 0. The Morgan fingerprint density at radius 1 is 1.36 bits per heavy atom. The summed E-state index contributed by atoms with van der Waals surface area (Å²) in [4.78, 5) is 0. The molecule has 1 fully saturated rings. The van der Waals surface area contributed by atoms with Crippen molar-refractivity contribution in [3.8, 4) is 6.19 Å². The summed E-state index contributed by atoms with van der Waals surface area (Å²) < 4.78 is 0. The van der Waals surface area contributed by atoms with Crippen LogP contribution in [-0.4, -0.2) is 6.54 Å². The van der Waals surface area contributed by atoms with Crippen LogP contribution >= 0.6 is 0 Å². The van der Waals surface area contributed by atoms with Crippen molar-refractivity contribution in [3.05, 3.63) is 0 Å². The Kier molecular flexibility index (Phi) is 2.76. The topological polar surface area (TPSA) is 35.8 Å². The largest absolute Gasteiger partial charge is 0.323 e. The normalized spacial score (nSPS) is 22.2. The molecule has 0 aromatic rings. The van der Waals surface area contributed by atoms with Gasteiger partial charge in [0.15, 0.2) is 6.19 Å². The van der Waals surface area contributed by atoms with Crippen molar-refractivity contribution in [3.63, 3.8) is 0 Å². The molecular formula is C9H16N2. The molecule has 0 atom stereocenters. The standard InChI is InChI=1S/C9H16N2/c1-9(7-11-8-10)5-3-2-4-6-9/h11H,2-7H2,1H3. The first-order valence-corrected chi connectivity index (χ1v) is 4.39. The Bertz CT molecular complexity index is 151. The third-order valence-corrected chi connectivity index (χ3v) is 2.65. The highest BCUT2D eigenvalue weighted by Crippen LogP contribution is 2.34. The lowest BCUT2D eigenvalue weighted by atomic mass is 9.76. The molecule has 0 amide bonds. The molecule has 2 nitrogen and oxygen atoms in total. The minimum atomic E-state index is 0.397. The van der Waals surface area contributed by atoms with Gasteiger partial charge in [0.25, 0.3) is 0 Å². The molecule has 62 valence electrons. The Labute approximate surface area is 68.6 Å². The van der Waals surface area contributed by atoms with Gasteiger partial charge in [-0.25, -0.2) is 0 Å². The van der Waals surface area contributed by atoms with Gasteiger partial charge in [0.1, 0.15) is 0 Å². The third-order valence-electron chi connectivity index (χ3n) is 2.65. The monoisotopic (exact) mass is 152 g/mol. The van der Waals surface area contributed by atoms with E-state index in [4.69, 9.17) is 5.26 Å². The molecule has 1 saturated carbocycles. The van der Waals surface area contributed by atoms with Crippen LogP contribution in [0.1, 0.15) is 39.0 Å². The number of nitrogens with zero attached hydrogens (tertiary/aromatic N) is 1. The van der Waals surface area contributed by atoms with Gasteiger partial charge in [-0.1, -0.05) is 26.2 Å². The summed E-state index contributed by atoms with van der Waals surface area (Å²) in [7, 11) is 0. The van der Waals surface area contributed by atoms with E-state index in [1.54, 1.807) is 0 Å². The predicted octanol–water partition coefficient (Wildman–Crippen LogP) is 2.03. The van der Waals surface area contributed by atoms with E-state index in [0.29, 0.717) is 5.41 Å². The van der Waals surface area contributed by atoms with Crippen LogP contribution < -0.4 is 5.32 Å². The summed E-state index contributed by atoms with van der Waals surface area (Å²) >= 11 is 0. The molecule has 1 aliphatic rings. The molecule has 0 saturated heterocycles. The van der Waals surface area contributed by atoms with Gasteiger partial charge in [-0.3, -0.25) is 0 Å². The van der Waals surface area contributed by atoms with Gasteiger partial charge in [0.05, 0.1) is 0 Å². The fourth-order valence-electron chi connectivity index (χ4n) is 1.84. The minimum Gasteiger partial charge on any atom is -0.323 e. The lowest BCUT2D eigenvalue weighted by Gasteiger charge is -2.32. The highest BCUT2D eigenvalue weighted by molar-refractivity contribution is 4.83. The third kappa shape index (κ3) is 2.42. The van der Waals surface area contributed by atoms with Gasteiger partial charge < -0.3 is 5.32 Å². The molecule has 0 radical (unpaired) electrons. The highest BCUT2D eigenvalue weighted by Gasteiger charge is 2.25. The molecule has 0 aromatic heterocycles. The molecule has 1 rings (SSSR count). The Hall–Kier alpha value is -0.710. The maximum absolute atomic E-state index is 8.35. The van der Waals surface area contributed by atoms with Crippen molar-refractivity contribution in [2.24, 2.45) is 5.41 Å².